The molecule has 0 unspecified atom stereocenters. The van der Waals surface area contributed by atoms with Crippen molar-refractivity contribution in [1.29, 1.82) is 0 Å². The van der Waals surface area contributed by atoms with Crippen LogP contribution in [0.1, 0.15) is 0 Å². The zero-order valence-electron chi connectivity index (χ0n) is 29.1. The SMILES string of the molecule is c1ccc(-n2nc3ccc4ccc5ccc(-c6nc(-c7ccc8c(c7)oc7ccccc78)cc(-c7ccc8c(c7)oc7ccccc78)n6)cc5c4c3n2)cc1. The van der Waals surface area contributed by atoms with Crippen LogP contribution < -0.4 is 0 Å². The van der Waals surface area contributed by atoms with Crippen LogP contribution in [0.25, 0.3) is 116 Å². The van der Waals surface area contributed by atoms with Crippen molar-refractivity contribution in [2.24, 2.45) is 0 Å². The van der Waals surface area contributed by atoms with Crippen LogP contribution in [0.2, 0.25) is 0 Å². The Labute approximate surface area is 312 Å². The summed E-state index contributed by atoms with van der Waals surface area (Å²) in [6.07, 6.45) is 0. The number of furan rings is 2. The summed E-state index contributed by atoms with van der Waals surface area (Å²) in [5.41, 5.74) is 10.3. The molecule has 0 aliphatic carbocycles. The van der Waals surface area contributed by atoms with Crippen molar-refractivity contribution in [3.05, 3.63) is 164 Å². The van der Waals surface area contributed by atoms with E-state index in [4.69, 9.17) is 29.0 Å². The van der Waals surface area contributed by atoms with Gasteiger partial charge in [-0.3, -0.25) is 0 Å². The fourth-order valence-electron chi connectivity index (χ4n) is 7.97. The molecule has 0 radical (unpaired) electrons. The maximum atomic E-state index is 6.31. The minimum Gasteiger partial charge on any atom is -0.456 e. The van der Waals surface area contributed by atoms with Crippen LogP contribution in [0.5, 0.6) is 0 Å². The maximum absolute atomic E-state index is 6.31. The van der Waals surface area contributed by atoms with E-state index >= 15 is 0 Å². The normalized spacial score (nSPS) is 12.0. The topological polar surface area (TPSA) is 82.8 Å². The van der Waals surface area contributed by atoms with Gasteiger partial charge in [0.2, 0.25) is 0 Å². The maximum Gasteiger partial charge on any atom is 0.160 e. The number of fused-ring (bicyclic) bond motifs is 11. The zero-order chi connectivity index (χ0) is 36.0. The average Bonchev–Trinajstić information content (AvgIpc) is 3.96. The van der Waals surface area contributed by atoms with Gasteiger partial charge in [0.1, 0.15) is 33.4 Å². The molecule has 0 bridgehead atoms. The van der Waals surface area contributed by atoms with Crippen molar-refractivity contribution >= 4 is 76.5 Å². The average molecular weight is 706 g/mol. The first-order valence-corrected chi connectivity index (χ1v) is 18.2. The Hall–Kier alpha value is -7.64. The molecular weight excluding hydrogens is 679 g/mol. The molecule has 12 rings (SSSR count). The minimum atomic E-state index is 0.612. The molecule has 7 heteroatoms. The van der Waals surface area contributed by atoms with Gasteiger partial charge in [-0.2, -0.15) is 4.80 Å². The van der Waals surface area contributed by atoms with Gasteiger partial charge in [0, 0.05) is 43.6 Å². The lowest BCUT2D eigenvalue weighted by molar-refractivity contribution is 0.668. The van der Waals surface area contributed by atoms with Crippen LogP contribution >= 0.6 is 0 Å². The molecule has 0 N–H and O–H groups in total. The molecule has 0 saturated heterocycles. The van der Waals surface area contributed by atoms with E-state index in [2.05, 4.69) is 91.0 Å². The number of aromatic nitrogens is 5. The first-order chi connectivity index (χ1) is 27.2. The number of hydrogen-bond acceptors (Lipinski definition) is 6. The van der Waals surface area contributed by atoms with Crippen molar-refractivity contribution in [1.82, 2.24) is 25.0 Å². The molecule has 0 amide bonds. The third-order valence-corrected chi connectivity index (χ3v) is 10.7. The summed E-state index contributed by atoms with van der Waals surface area (Å²) in [5.74, 6) is 0.612. The van der Waals surface area contributed by atoms with Crippen molar-refractivity contribution in [2.75, 3.05) is 0 Å². The van der Waals surface area contributed by atoms with Crippen molar-refractivity contribution in [3.63, 3.8) is 0 Å². The molecule has 7 nitrogen and oxygen atoms in total. The lowest BCUT2D eigenvalue weighted by Gasteiger charge is -2.11. The predicted molar refractivity (Wildman–Crippen MR) is 220 cm³/mol. The first kappa shape index (κ1) is 29.9. The van der Waals surface area contributed by atoms with Gasteiger partial charge in [0.25, 0.3) is 0 Å². The predicted octanol–water partition coefficient (Wildman–Crippen LogP) is 12.3. The summed E-state index contributed by atoms with van der Waals surface area (Å²) in [6.45, 7) is 0. The lowest BCUT2D eigenvalue weighted by Crippen LogP contribution is -1.97. The Morgan fingerprint density at radius 2 is 0.964 bits per heavy atom. The van der Waals surface area contributed by atoms with E-state index in [1.807, 2.05) is 72.8 Å². The number of rotatable bonds is 4. The van der Waals surface area contributed by atoms with Gasteiger partial charge >= 0.3 is 0 Å². The van der Waals surface area contributed by atoms with Gasteiger partial charge < -0.3 is 8.83 Å². The van der Waals surface area contributed by atoms with E-state index in [-0.39, 0.29) is 0 Å². The van der Waals surface area contributed by atoms with Crippen LogP contribution in [0.4, 0.5) is 0 Å². The molecule has 0 aliphatic heterocycles. The number of para-hydroxylation sites is 3. The second-order valence-corrected chi connectivity index (χ2v) is 13.9. The highest BCUT2D eigenvalue weighted by atomic mass is 16.3. The van der Waals surface area contributed by atoms with E-state index in [0.717, 1.165) is 110 Å². The van der Waals surface area contributed by atoms with Crippen LogP contribution in [0.3, 0.4) is 0 Å². The summed E-state index contributed by atoms with van der Waals surface area (Å²) >= 11 is 0. The second kappa shape index (κ2) is 11.4. The standard InChI is InChI=1S/C48H27N5O2/c1-2-8-33(9-3-1)53-51-39-23-20-29-16-14-28-15-17-32(24-38(28)46(29)47(39)52-53)48-49-40(30-18-21-36-34-10-4-6-12-42(34)54-44(36)25-30)27-41(50-48)31-19-22-37-35-11-5-7-13-43(35)55-45(37)26-31/h1-27H. The molecule has 4 aromatic heterocycles. The summed E-state index contributed by atoms with van der Waals surface area (Å²) in [5, 5.41) is 18.5. The molecule has 0 aliphatic rings. The van der Waals surface area contributed by atoms with Gasteiger partial charge in [0.15, 0.2) is 5.82 Å². The van der Waals surface area contributed by atoms with Crippen LogP contribution in [0.15, 0.2) is 173 Å². The van der Waals surface area contributed by atoms with Gasteiger partial charge in [-0.15, -0.1) is 10.2 Å². The van der Waals surface area contributed by atoms with Crippen molar-refractivity contribution in [2.45, 2.75) is 0 Å². The molecule has 256 valence electrons. The highest BCUT2D eigenvalue weighted by Crippen LogP contribution is 2.38. The molecule has 8 aromatic carbocycles. The van der Waals surface area contributed by atoms with E-state index in [1.165, 1.54) is 0 Å². The number of benzene rings is 8. The largest absolute Gasteiger partial charge is 0.456 e. The fraction of sp³-hybridized carbons (Fsp3) is 0. The highest BCUT2D eigenvalue weighted by Gasteiger charge is 2.17. The van der Waals surface area contributed by atoms with Crippen molar-refractivity contribution in [3.8, 4) is 39.6 Å². The smallest absolute Gasteiger partial charge is 0.160 e. The Kier molecular flexibility index (Phi) is 6.21. The highest BCUT2D eigenvalue weighted by molar-refractivity contribution is 6.19. The summed E-state index contributed by atoms with van der Waals surface area (Å²) in [4.78, 5) is 12.2. The van der Waals surface area contributed by atoms with Gasteiger partial charge in [-0.1, -0.05) is 97.1 Å². The molecule has 55 heavy (non-hydrogen) atoms. The van der Waals surface area contributed by atoms with E-state index in [0.29, 0.717) is 5.82 Å². The fourth-order valence-corrected chi connectivity index (χ4v) is 7.97. The van der Waals surface area contributed by atoms with Crippen LogP contribution in [-0.2, 0) is 0 Å². The van der Waals surface area contributed by atoms with Gasteiger partial charge in [0.05, 0.1) is 17.1 Å². The molecule has 0 saturated carbocycles. The molecule has 0 spiro atoms. The third-order valence-electron chi connectivity index (χ3n) is 10.7. The van der Waals surface area contributed by atoms with E-state index in [9.17, 15) is 0 Å². The Balaban J connectivity index is 1.07. The molecule has 0 atom stereocenters. The third kappa shape index (κ3) is 4.70. The second-order valence-electron chi connectivity index (χ2n) is 13.9. The van der Waals surface area contributed by atoms with Gasteiger partial charge in [-0.25, -0.2) is 9.97 Å². The molecule has 4 heterocycles. The first-order valence-electron chi connectivity index (χ1n) is 18.2. The Morgan fingerprint density at radius 1 is 0.400 bits per heavy atom. The molecule has 0 fully saturated rings. The minimum absolute atomic E-state index is 0.612. The van der Waals surface area contributed by atoms with Crippen LogP contribution in [-0.4, -0.2) is 25.0 Å². The summed E-state index contributed by atoms with van der Waals surface area (Å²) < 4.78 is 12.6. The molecular formula is C48H27N5O2. The van der Waals surface area contributed by atoms with E-state index < -0.39 is 0 Å². The summed E-state index contributed by atoms with van der Waals surface area (Å²) in [7, 11) is 0. The van der Waals surface area contributed by atoms with Crippen LogP contribution in [0, 0.1) is 0 Å². The quantitative estimate of drug-likeness (QED) is 0.170. The zero-order valence-corrected chi connectivity index (χ0v) is 29.1. The monoisotopic (exact) mass is 705 g/mol. The number of hydrogen-bond donors (Lipinski definition) is 0. The van der Waals surface area contributed by atoms with E-state index in [1.54, 1.807) is 4.80 Å². The molecule has 12 aromatic rings. The van der Waals surface area contributed by atoms with Gasteiger partial charge in [-0.05, 0) is 82.9 Å². The summed E-state index contributed by atoms with van der Waals surface area (Å²) in [6, 6.07) is 55.8. The number of nitrogens with zero attached hydrogens (tertiary/aromatic N) is 5. The van der Waals surface area contributed by atoms with Crippen molar-refractivity contribution < 1.29 is 8.83 Å². The Morgan fingerprint density at radius 3 is 1.65 bits per heavy atom. The Bertz CT molecular complexity index is 3370. The lowest BCUT2D eigenvalue weighted by atomic mass is 9.98.